The minimum atomic E-state index is -3.35. The first kappa shape index (κ1) is 14.0. The molecular formula is C13H17NO4S. The zero-order valence-corrected chi connectivity index (χ0v) is 12.0. The molecule has 0 aliphatic heterocycles. The first-order valence-corrected chi connectivity index (χ1v) is 7.70. The molecule has 0 fully saturated rings. The monoisotopic (exact) mass is 283 g/mol. The first-order valence-electron chi connectivity index (χ1n) is 6.15. The van der Waals surface area contributed by atoms with Gasteiger partial charge in [0, 0.05) is 12.1 Å². The van der Waals surface area contributed by atoms with E-state index in [9.17, 15) is 18.5 Å². The summed E-state index contributed by atoms with van der Waals surface area (Å²) in [6, 6.07) is 4.52. The van der Waals surface area contributed by atoms with Crippen molar-refractivity contribution < 1.29 is 13.3 Å². The van der Waals surface area contributed by atoms with Crippen molar-refractivity contribution >= 4 is 15.5 Å². The predicted molar refractivity (Wildman–Crippen MR) is 72.8 cm³/mol. The van der Waals surface area contributed by atoms with Crippen LogP contribution in [0.5, 0.6) is 0 Å². The van der Waals surface area contributed by atoms with Crippen LogP contribution in [0, 0.1) is 10.1 Å². The van der Waals surface area contributed by atoms with Gasteiger partial charge in [0.2, 0.25) is 0 Å². The van der Waals surface area contributed by atoms with Crippen LogP contribution in [0.1, 0.15) is 43.6 Å². The average Bonchev–Trinajstić information content (AvgIpc) is 2.70. The van der Waals surface area contributed by atoms with Crippen molar-refractivity contribution in [2.24, 2.45) is 0 Å². The largest absolute Gasteiger partial charge is 0.269 e. The van der Waals surface area contributed by atoms with Gasteiger partial charge in [-0.25, -0.2) is 8.42 Å². The van der Waals surface area contributed by atoms with Crippen LogP contribution in [-0.2, 0) is 16.3 Å². The highest BCUT2D eigenvalue weighted by Gasteiger charge is 2.41. The first-order chi connectivity index (χ1) is 8.64. The van der Waals surface area contributed by atoms with Crippen LogP contribution in [0.15, 0.2) is 18.2 Å². The summed E-state index contributed by atoms with van der Waals surface area (Å²) in [5, 5.41) is 10.2. The Kier molecular flexibility index (Phi) is 3.16. The second-order valence-electron chi connectivity index (χ2n) is 5.82. The highest BCUT2D eigenvalue weighted by molar-refractivity contribution is 7.93. The maximum atomic E-state index is 12.5. The van der Waals surface area contributed by atoms with E-state index in [0.717, 1.165) is 5.56 Å². The fraction of sp³-hybridized carbons (Fsp3) is 0.538. The SMILES string of the molecule is CC(C)(C)S(=O)(=O)C1CCc2ccc([N+](=O)[O-])cc21. The van der Waals surface area contributed by atoms with Gasteiger partial charge in [-0.15, -0.1) is 0 Å². The predicted octanol–water partition coefficient (Wildman–Crippen LogP) is 2.80. The van der Waals surface area contributed by atoms with Gasteiger partial charge in [0.15, 0.2) is 9.84 Å². The maximum Gasteiger partial charge on any atom is 0.269 e. The average molecular weight is 283 g/mol. The molecule has 1 unspecified atom stereocenters. The quantitative estimate of drug-likeness (QED) is 0.617. The summed E-state index contributed by atoms with van der Waals surface area (Å²) >= 11 is 0. The lowest BCUT2D eigenvalue weighted by Crippen LogP contribution is -2.32. The number of hydrogen-bond acceptors (Lipinski definition) is 4. The number of nitro groups is 1. The molecule has 0 spiro atoms. The summed E-state index contributed by atoms with van der Waals surface area (Å²) in [6.45, 7) is 4.99. The number of aryl methyl sites for hydroxylation is 1. The smallest absolute Gasteiger partial charge is 0.258 e. The minimum absolute atomic E-state index is 0.0465. The van der Waals surface area contributed by atoms with Gasteiger partial charge < -0.3 is 0 Å². The Bertz CT molecular complexity index is 629. The summed E-state index contributed by atoms with van der Waals surface area (Å²) in [5.41, 5.74) is 1.46. The van der Waals surface area contributed by atoms with E-state index in [1.165, 1.54) is 12.1 Å². The van der Waals surface area contributed by atoms with E-state index in [1.54, 1.807) is 26.8 Å². The number of sulfone groups is 1. The zero-order valence-electron chi connectivity index (χ0n) is 11.2. The van der Waals surface area contributed by atoms with Crippen molar-refractivity contribution in [3.8, 4) is 0 Å². The summed E-state index contributed by atoms with van der Waals surface area (Å²) in [5.74, 6) is 0. The Hall–Kier alpha value is -1.43. The third kappa shape index (κ3) is 2.25. The lowest BCUT2D eigenvalue weighted by Gasteiger charge is -2.24. The van der Waals surface area contributed by atoms with Gasteiger partial charge in [-0.3, -0.25) is 10.1 Å². The molecular weight excluding hydrogens is 266 g/mol. The summed E-state index contributed by atoms with van der Waals surface area (Å²) in [6.07, 6.45) is 1.17. The van der Waals surface area contributed by atoms with Crippen molar-refractivity contribution in [2.75, 3.05) is 0 Å². The zero-order chi connectivity index (χ0) is 14.4. The molecule has 0 bridgehead atoms. The Balaban J connectivity index is 2.53. The molecule has 5 nitrogen and oxygen atoms in total. The van der Waals surface area contributed by atoms with Crippen LogP contribution < -0.4 is 0 Å². The van der Waals surface area contributed by atoms with Crippen LogP contribution in [0.4, 0.5) is 5.69 Å². The molecule has 0 saturated carbocycles. The fourth-order valence-electron chi connectivity index (χ4n) is 2.41. The van der Waals surface area contributed by atoms with E-state index < -0.39 is 24.8 Å². The van der Waals surface area contributed by atoms with Gasteiger partial charge in [0.05, 0.1) is 14.9 Å². The molecule has 6 heteroatoms. The number of rotatable bonds is 2. The molecule has 1 aromatic carbocycles. The van der Waals surface area contributed by atoms with Crippen molar-refractivity contribution in [3.63, 3.8) is 0 Å². The van der Waals surface area contributed by atoms with Gasteiger partial charge in [-0.1, -0.05) is 6.07 Å². The van der Waals surface area contributed by atoms with Crippen LogP contribution >= 0.6 is 0 Å². The third-order valence-corrected chi connectivity index (χ3v) is 6.54. The fourth-order valence-corrected chi connectivity index (χ4v) is 4.25. The number of nitro benzene ring substituents is 1. The van der Waals surface area contributed by atoms with Crippen LogP contribution in [0.25, 0.3) is 0 Å². The van der Waals surface area contributed by atoms with E-state index in [0.29, 0.717) is 18.4 Å². The Morgan fingerprint density at radius 1 is 1.32 bits per heavy atom. The van der Waals surface area contributed by atoms with Gasteiger partial charge >= 0.3 is 0 Å². The number of nitrogens with zero attached hydrogens (tertiary/aromatic N) is 1. The molecule has 0 aromatic heterocycles. The minimum Gasteiger partial charge on any atom is -0.258 e. The Labute approximate surface area is 112 Å². The molecule has 0 saturated heterocycles. The normalized spacial score (nSPS) is 19.2. The number of fused-ring (bicyclic) bond motifs is 1. The van der Waals surface area contributed by atoms with Gasteiger partial charge in [0.25, 0.3) is 5.69 Å². The molecule has 0 amide bonds. The molecule has 1 atom stereocenters. The summed E-state index contributed by atoms with van der Waals surface area (Å²) < 4.78 is 24.2. The van der Waals surface area contributed by atoms with Crippen LogP contribution in [0.2, 0.25) is 0 Å². The molecule has 1 aliphatic rings. The molecule has 19 heavy (non-hydrogen) atoms. The molecule has 1 aromatic rings. The summed E-state index contributed by atoms with van der Waals surface area (Å²) in [7, 11) is -3.35. The molecule has 2 rings (SSSR count). The highest BCUT2D eigenvalue weighted by atomic mass is 32.2. The second-order valence-corrected chi connectivity index (χ2v) is 8.71. The van der Waals surface area contributed by atoms with Crippen LogP contribution in [0.3, 0.4) is 0 Å². The van der Waals surface area contributed by atoms with E-state index in [1.807, 2.05) is 0 Å². The number of benzene rings is 1. The van der Waals surface area contributed by atoms with E-state index in [4.69, 9.17) is 0 Å². The van der Waals surface area contributed by atoms with E-state index in [2.05, 4.69) is 0 Å². The second kappa shape index (κ2) is 4.30. The topological polar surface area (TPSA) is 77.3 Å². The van der Waals surface area contributed by atoms with E-state index >= 15 is 0 Å². The molecule has 0 radical (unpaired) electrons. The van der Waals surface area contributed by atoms with E-state index in [-0.39, 0.29) is 5.69 Å². The van der Waals surface area contributed by atoms with Gasteiger partial charge in [0.1, 0.15) is 0 Å². The Morgan fingerprint density at radius 2 is 1.95 bits per heavy atom. The van der Waals surface area contributed by atoms with Crippen LogP contribution in [-0.4, -0.2) is 18.1 Å². The molecule has 0 heterocycles. The molecule has 104 valence electrons. The lowest BCUT2D eigenvalue weighted by molar-refractivity contribution is -0.384. The number of non-ortho nitro benzene ring substituents is 1. The lowest BCUT2D eigenvalue weighted by atomic mass is 10.1. The highest BCUT2D eigenvalue weighted by Crippen LogP contribution is 2.42. The van der Waals surface area contributed by atoms with Gasteiger partial charge in [-0.2, -0.15) is 0 Å². The van der Waals surface area contributed by atoms with Crippen molar-refractivity contribution in [1.82, 2.24) is 0 Å². The molecule has 0 N–H and O–H groups in total. The standard InChI is InChI=1S/C13H17NO4S/c1-13(2,3)19(17,18)12-7-5-9-4-6-10(14(15)16)8-11(9)12/h4,6,8,12H,5,7H2,1-3H3. The van der Waals surface area contributed by atoms with Gasteiger partial charge in [-0.05, 0) is 44.7 Å². The molecule has 1 aliphatic carbocycles. The maximum absolute atomic E-state index is 12.5. The third-order valence-electron chi connectivity index (χ3n) is 3.59. The van der Waals surface area contributed by atoms with Crippen molar-refractivity contribution in [1.29, 1.82) is 0 Å². The van der Waals surface area contributed by atoms with Crippen molar-refractivity contribution in [2.45, 2.75) is 43.6 Å². The van der Waals surface area contributed by atoms with Crippen molar-refractivity contribution in [3.05, 3.63) is 39.4 Å². The number of hydrogen-bond donors (Lipinski definition) is 0. The summed E-state index contributed by atoms with van der Waals surface area (Å²) in [4.78, 5) is 10.3. The Morgan fingerprint density at radius 3 is 2.47 bits per heavy atom.